The summed E-state index contributed by atoms with van der Waals surface area (Å²) in [4.78, 5) is 15.9. The molecule has 1 aromatic carbocycles. The first kappa shape index (κ1) is 15.6. The Balaban J connectivity index is 1.96. The molecule has 0 atom stereocenters. The van der Waals surface area contributed by atoms with E-state index >= 15 is 0 Å². The minimum absolute atomic E-state index is 0.212. The van der Waals surface area contributed by atoms with Crippen LogP contribution in [-0.2, 0) is 6.54 Å². The lowest BCUT2D eigenvalue weighted by Crippen LogP contribution is -2.24. The van der Waals surface area contributed by atoms with E-state index in [1.54, 1.807) is 25.4 Å². The molecule has 1 amide bonds. The average molecular weight is 297 g/mol. The number of para-hydroxylation sites is 1. The fourth-order valence-electron chi connectivity index (χ4n) is 1.93. The third-order valence-electron chi connectivity index (χ3n) is 3.08. The van der Waals surface area contributed by atoms with Crippen LogP contribution < -0.4 is 15.4 Å². The van der Waals surface area contributed by atoms with Crippen molar-refractivity contribution in [1.29, 1.82) is 0 Å². The van der Waals surface area contributed by atoms with Gasteiger partial charge in [-0.3, -0.25) is 4.79 Å². The van der Waals surface area contributed by atoms with Crippen molar-refractivity contribution < 1.29 is 9.53 Å². The minimum atomic E-state index is -0.212. The van der Waals surface area contributed by atoms with E-state index in [-0.39, 0.29) is 5.91 Å². The van der Waals surface area contributed by atoms with Crippen LogP contribution in [0.5, 0.6) is 5.75 Å². The first-order chi connectivity index (χ1) is 10.7. The number of nitrogens with one attached hydrogen (secondary N) is 2. The van der Waals surface area contributed by atoms with Crippen LogP contribution >= 0.6 is 0 Å². The fraction of sp³-hybridized carbons (Fsp3) is 0.176. The second-order valence-corrected chi connectivity index (χ2v) is 4.60. The molecule has 2 aromatic rings. The molecule has 0 aliphatic rings. The van der Waals surface area contributed by atoms with Gasteiger partial charge in [0, 0.05) is 18.7 Å². The molecule has 22 heavy (non-hydrogen) atoms. The van der Waals surface area contributed by atoms with Crippen molar-refractivity contribution in [3.8, 4) is 5.75 Å². The largest absolute Gasteiger partial charge is 0.496 e. The van der Waals surface area contributed by atoms with Gasteiger partial charge in [0.15, 0.2) is 0 Å². The molecule has 114 valence electrons. The van der Waals surface area contributed by atoms with E-state index in [1.165, 1.54) is 0 Å². The molecule has 0 saturated heterocycles. The summed E-state index contributed by atoms with van der Waals surface area (Å²) in [6.45, 7) is 4.60. The van der Waals surface area contributed by atoms with E-state index in [1.807, 2.05) is 30.3 Å². The summed E-state index contributed by atoms with van der Waals surface area (Å²) in [5.74, 6) is 0.625. The smallest absolute Gasteiger partial charge is 0.270 e. The number of carbonyl (C=O) groups is 1. The summed E-state index contributed by atoms with van der Waals surface area (Å²) in [5.41, 5.74) is 2.27. The SMILES string of the molecule is C=CCNC(=O)c1ccc(NCc2ccccc2OC)cn1. The second-order valence-electron chi connectivity index (χ2n) is 4.60. The molecule has 0 aliphatic carbocycles. The number of pyridine rings is 1. The molecular formula is C17H19N3O2. The molecule has 2 N–H and O–H groups in total. The van der Waals surface area contributed by atoms with Gasteiger partial charge in [-0.25, -0.2) is 4.98 Å². The number of rotatable bonds is 7. The van der Waals surface area contributed by atoms with E-state index in [0.717, 1.165) is 17.0 Å². The lowest BCUT2D eigenvalue weighted by molar-refractivity contribution is 0.0953. The van der Waals surface area contributed by atoms with Crippen LogP contribution in [0.2, 0.25) is 0 Å². The van der Waals surface area contributed by atoms with Gasteiger partial charge in [-0.2, -0.15) is 0 Å². The molecule has 5 nitrogen and oxygen atoms in total. The molecule has 5 heteroatoms. The highest BCUT2D eigenvalue weighted by atomic mass is 16.5. The number of anilines is 1. The Morgan fingerprint density at radius 2 is 2.14 bits per heavy atom. The highest BCUT2D eigenvalue weighted by molar-refractivity contribution is 5.92. The maximum absolute atomic E-state index is 11.7. The van der Waals surface area contributed by atoms with Crippen LogP contribution in [0.15, 0.2) is 55.3 Å². The normalized spacial score (nSPS) is 9.86. The van der Waals surface area contributed by atoms with Crippen molar-refractivity contribution in [3.63, 3.8) is 0 Å². The number of carbonyl (C=O) groups excluding carboxylic acids is 1. The maximum Gasteiger partial charge on any atom is 0.270 e. The summed E-state index contributed by atoms with van der Waals surface area (Å²) in [5, 5.41) is 5.94. The monoisotopic (exact) mass is 297 g/mol. The molecule has 0 spiro atoms. The van der Waals surface area contributed by atoms with Gasteiger partial charge in [-0.15, -0.1) is 6.58 Å². The molecule has 0 aliphatic heterocycles. The van der Waals surface area contributed by atoms with Crippen LogP contribution in [0.3, 0.4) is 0 Å². The van der Waals surface area contributed by atoms with Crippen molar-refractivity contribution in [2.75, 3.05) is 19.0 Å². The van der Waals surface area contributed by atoms with Crippen LogP contribution in [0.4, 0.5) is 5.69 Å². The third-order valence-corrected chi connectivity index (χ3v) is 3.08. The number of amides is 1. The maximum atomic E-state index is 11.7. The molecule has 1 aromatic heterocycles. The highest BCUT2D eigenvalue weighted by Gasteiger charge is 2.06. The summed E-state index contributed by atoms with van der Waals surface area (Å²) in [6.07, 6.45) is 3.26. The van der Waals surface area contributed by atoms with Crippen LogP contribution in [0, 0.1) is 0 Å². The Morgan fingerprint density at radius 3 is 2.82 bits per heavy atom. The molecule has 2 rings (SSSR count). The zero-order chi connectivity index (χ0) is 15.8. The van der Waals surface area contributed by atoms with Gasteiger partial charge in [0.1, 0.15) is 11.4 Å². The molecule has 1 heterocycles. The fourth-order valence-corrected chi connectivity index (χ4v) is 1.93. The van der Waals surface area contributed by atoms with Crippen molar-refractivity contribution in [3.05, 3.63) is 66.5 Å². The Bertz CT molecular complexity index is 639. The number of hydrogen-bond donors (Lipinski definition) is 2. The van der Waals surface area contributed by atoms with E-state index < -0.39 is 0 Å². The van der Waals surface area contributed by atoms with Crippen LogP contribution in [0.25, 0.3) is 0 Å². The summed E-state index contributed by atoms with van der Waals surface area (Å²) < 4.78 is 5.31. The number of benzene rings is 1. The van der Waals surface area contributed by atoms with Gasteiger partial charge in [0.2, 0.25) is 0 Å². The predicted octanol–water partition coefficient (Wildman–Crippen LogP) is 2.62. The van der Waals surface area contributed by atoms with Crippen LogP contribution in [-0.4, -0.2) is 24.5 Å². The zero-order valence-electron chi connectivity index (χ0n) is 12.5. The highest BCUT2D eigenvalue weighted by Crippen LogP contribution is 2.18. The first-order valence-corrected chi connectivity index (χ1v) is 6.95. The molecule has 0 bridgehead atoms. The Kier molecular flexibility index (Phi) is 5.54. The number of ether oxygens (including phenoxy) is 1. The van der Waals surface area contributed by atoms with Crippen molar-refractivity contribution in [1.82, 2.24) is 10.3 Å². The van der Waals surface area contributed by atoms with Crippen molar-refractivity contribution in [2.45, 2.75) is 6.54 Å². The Morgan fingerprint density at radius 1 is 1.32 bits per heavy atom. The Hall–Kier alpha value is -2.82. The standard InChI is InChI=1S/C17H19N3O2/c1-3-10-18-17(21)15-9-8-14(12-20-15)19-11-13-6-4-5-7-16(13)22-2/h3-9,12,19H,1,10-11H2,2H3,(H,18,21). The molecule has 0 fully saturated rings. The third kappa shape index (κ3) is 4.09. The first-order valence-electron chi connectivity index (χ1n) is 6.95. The summed E-state index contributed by atoms with van der Waals surface area (Å²) >= 11 is 0. The van der Waals surface area contributed by atoms with Gasteiger partial charge < -0.3 is 15.4 Å². The average Bonchev–Trinajstić information content (AvgIpc) is 2.58. The zero-order valence-corrected chi connectivity index (χ0v) is 12.5. The number of hydrogen-bond acceptors (Lipinski definition) is 4. The van der Waals surface area contributed by atoms with Gasteiger partial charge in [-0.05, 0) is 18.2 Å². The van der Waals surface area contributed by atoms with E-state index in [0.29, 0.717) is 18.8 Å². The predicted molar refractivity (Wildman–Crippen MR) is 87.1 cm³/mol. The van der Waals surface area contributed by atoms with Crippen molar-refractivity contribution in [2.24, 2.45) is 0 Å². The summed E-state index contributed by atoms with van der Waals surface area (Å²) in [7, 11) is 1.65. The van der Waals surface area contributed by atoms with Gasteiger partial charge in [0.05, 0.1) is 19.0 Å². The number of nitrogens with zero attached hydrogens (tertiary/aromatic N) is 1. The van der Waals surface area contributed by atoms with Gasteiger partial charge in [0.25, 0.3) is 5.91 Å². The van der Waals surface area contributed by atoms with E-state index in [2.05, 4.69) is 22.2 Å². The van der Waals surface area contributed by atoms with Crippen LogP contribution in [0.1, 0.15) is 16.1 Å². The molecule has 0 radical (unpaired) electrons. The van der Waals surface area contributed by atoms with E-state index in [4.69, 9.17) is 4.74 Å². The van der Waals surface area contributed by atoms with E-state index in [9.17, 15) is 4.79 Å². The minimum Gasteiger partial charge on any atom is -0.496 e. The molecule has 0 unspecified atom stereocenters. The Labute approximate surface area is 130 Å². The lowest BCUT2D eigenvalue weighted by Gasteiger charge is -2.10. The van der Waals surface area contributed by atoms with Gasteiger partial charge >= 0.3 is 0 Å². The summed E-state index contributed by atoms with van der Waals surface area (Å²) in [6, 6.07) is 11.3. The number of methoxy groups -OCH3 is 1. The quantitative estimate of drug-likeness (QED) is 0.771. The molecule has 0 saturated carbocycles. The molecular weight excluding hydrogens is 278 g/mol. The topological polar surface area (TPSA) is 63.2 Å². The second kappa shape index (κ2) is 7.83. The number of aromatic nitrogens is 1. The van der Waals surface area contributed by atoms with Gasteiger partial charge in [-0.1, -0.05) is 24.3 Å². The van der Waals surface area contributed by atoms with Crippen molar-refractivity contribution >= 4 is 11.6 Å². The lowest BCUT2D eigenvalue weighted by atomic mass is 10.2.